The Labute approximate surface area is 168 Å². The van der Waals surface area contributed by atoms with Gasteiger partial charge in [-0.2, -0.15) is 0 Å². The highest BCUT2D eigenvalue weighted by atomic mass is 16.5. The summed E-state index contributed by atoms with van der Waals surface area (Å²) in [5.41, 5.74) is 4.60. The van der Waals surface area contributed by atoms with E-state index < -0.39 is 6.10 Å². The third-order valence-electron chi connectivity index (χ3n) is 5.33. The van der Waals surface area contributed by atoms with Crippen molar-refractivity contribution in [2.75, 3.05) is 13.1 Å². The normalized spacial score (nSPS) is 15.8. The predicted octanol–water partition coefficient (Wildman–Crippen LogP) is 4.37. The van der Waals surface area contributed by atoms with Gasteiger partial charge in [0.1, 0.15) is 5.75 Å². The second-order valence-corrected chi connectivity index (χ2v) is 7.90. The van der Waals surface area contributed by atoms with Gasteiger partial charge in [-0.1, -0.05) is 42.8 Å². The smallest absolute Gasteiger partial charge is 0.261 e. The number of piperidine rings is 1. The molecule has 0 saturated carbocycles. The predicted molar refractivity (Wildman–Crippen MR) is 113 cm³/mol. The van der Waals surface area contributed by atoms with Gasteiger partial charge in [-0.3, -0.25) is 9.69 Å². The summed E-state index contributed by atoms with van der Waals surface area (Å²) in [6.07, 6.45) is 3.42. The first-order valence-corrected chi connectivity index (χ1v) is 10.3. The molecule has 0 bridgehead atoms. The van der Waals surface area contributed by atoms with Gasteiger partial charge >= 0.3 is 0 Å². The zero-order valence-electron chi connectivity index (χ0n) is 17.3. The molecule has 3 rings (SSSR count). The third-order valence-corrected chi connectivity index (χ3v) is 5.33. The highest BCUT2D eigenvalue weighted by molar-refractivity contribution is 5.80. The van der Waals surface area contributed by atoms with Crippen molar-refractivity contribution in [3.63, 3.8) is 0 Å². The van der Waals surface area contributed by atoms with Crippen molar-refractivity contribution in [2.24, 2.45) is 0 Å². The summed E-state index contributed by atoms with van der Waals surface area (Å²) in [5, 5.41) is 3.01. The molecule has 4 heteroatoms. The summed E-state index contributed by atoms with van der Waals surface area (Å²) in [4.78, 5) is 15.0. The van der Waals surface area contributed by atoms with Crippen LogP contribution in [-0.4, -0.2) is 30.0 Å². The van der Waals surface area contributed by atoms with Crippen LogP contribution in [0.2, 0.25) is 0 Å². The third kappa shape index (κ3) is 5.83. The molecule has 1 amide bonds. The van der Waals surface area contributed by atoms with E-state index in [9.17, 15) is 4.79 Å². The number of carbonyl (C=O) groups excluding carboxylic acids is 1. The number of nitrogens with one attached hydrogen (secondary N) is 1. The molecule has 1 N–H and O–H groups in total. The summed E-state index contributed by atoms with van der Waals surface area (Å²) in [6.45, 7) is 9.70. The van der Waals surface area contributed by atoms with Crippen LogP contribution >= 0.6 is 0 Å². The van der Waals surface area contributed by atoms with Crippen molar-refractivity contribution in [1.29, 1.82) is 0 Å². The lowest BCUT2D eigenvalue weighted by atomic mass is 10.1. The number of hydrogen-bond donors (Lipinski definition) is 1. The molecule has 1 heterocycles. The number of amides is 1. The average molecular weight is 381 g/mol. The largest absolute Gasteiger partial charge is 0.481 e. The second kappa shape index (κ2) is 9.74. The van der Waals surface area contributed by atoms with Crippen LogP contribution in [0.5, 0.6) is 5.75 Å². The number of aryl methyl sites for hydroxylation is 2. The molecule has 28 heavy (non-hydrogen) atoms. The van der Waals surface area contributed by atoms with Gasteiger partial charge in [-0.05, 0) is 75.0 Å². The molecule has 2 aromatic rings. The number of rotatable bonds is 7. The quantitative estimate of drug-likeness (QED) is 0.775. The Kier molecular flexibility index (Phi) is 7.10. The van der Waals surface area contributed by atoms with E-state index in [1.54, 1.807) is 6.92 Å². The van der Waals surface area contributed by atoms with E-state index >= 15 is 0 Å². The second-order valence-electron chi connectivity index (χ2n) is 7.90. The van der Waals surface area contributed by atoms with Crippen LogP contribution < -0.4 is 10.1 Å². The first-order chi connectivity index (χ1) is 13.5. The fourth-order valence-corrected chi connectivity index (χ4v) is 3.62. The first kappa shape index (κ1) is 20.4. The van der Waals surface area contributed by atoms with Crippen molar-refractivity contribution in [3.8, 4) is 5.75 Å². The van der Waals surface area contributed by atoms with E-state index in [0.717, 1.165) is 29.0 Å². The molecule has 1 aliphatic rings. The van der Waals surface area contributed by atoms with Gasteiger partial charge < -0.3 is 10.1 Å². The summed E-state index contributed by atoms with van der Waals surface area (Å²) >= 11 is 0. The minimum absolute atomic E-state index is 0.0951. The van der Waals surface area contributed by atoms with Crippen molar-refractivity contribution < 1.29 is 9.53 Å². The number of hydrogen-bond acceptors (Lipinski definition) is 3. The summed E-state index contributed by atoms with van der Waals surface area (Å²) in [6, 6.07) is 14.6. The molecule has 0 spiro atoms. The Bertz CT molecular complexity index is 797. The molecule has 0 radical (unpaired) electrons. The van der Waals surface area contributed by atoms with Crippen LogP contribution in [0, 0.1) is 13.8 Å². The Morgan fingerprint density at radius 1 is 1.07 bits per heavy atom. The summed E-state index contributed by atoms with van der Waals surface area (Å²) in [5.74, 6) is 0.675. The lowest BCUT2D eigenvalue weighted by molar-refractivity contribution is -0.127. The minimum atomic E-state index is -0.531. The van der Waals surface area contributed by atoms with E-state index in [2.05, 4.69) is 34.5 Å². The summed E-state index contributed by atoms with van der Waals surface area (Å²) < 4.78 is 5.88. The Hall–Kier alpha value is -2.33. The molecule has 2 aromatic carbocycles. The molecular weight excluding hydrogens is 348 g/mol. The minimum Gasteiger partial charge on any atom is -0.481 e. The van der Waals surface area contributed by atoms with Gasteiger partial charge in [0.2, 0.25) is 0 Å². The lowest BCUT2D eigenvalue weighted by Crippen LogP contribution is -2.36. The lowest BCUT2D eigenvalue weighted by Gasteiger charge is -2.26. The maximum atomic E-state index is 12.5. The van der Waals surface area contributed by atoms with Crippen molar-refractivity contribution in [2.45, 2.75) is 59.2 Å². The van der Waals surface area contributed by atoms with Gasteiger partial charge in [0.05, 0.1) is 0 Å². The molecule has 4 nitrogen and oxygen atoms in total. The maximum Gasteiger partial charge on any atom is 0.261 e. The van der Waals surface area contributed by atoms with Crippen molar-refractivity contribution in [3.05, 3.63) is 64.7 Å². The van der Waals surface area contributed by atoms with Gasteiger partial charge in [0, 0.05) is 13.1 Å². The zero-order valence-corrected chi connectivity index (χ0v) is 17.3. The zero-order chi connectivity index (χ0) is 19.9. The van der Waals surface area contributed by atoms with Crippen LogP contribution in [0.1, 0.15) is 48.4 Å². The standard InChI is InChI=1S/C24H32N2O2/c1-18-10-11-19(2)23(14-18)28-20(3)24(27)25-16-21-8-7-9-22(15-21)17-26-12-5-4-6-13-26/h7-11,14-15,20H,4-6,12-13,16-17H2,1-3H3,(H,25,27)/t20-/m0/s1. The number of benzene rings is 2. The Balaban J connectivity index is 1.52. The fraction of sp³-hybridized carbons (Fsp3) is 0.458. The highest BCUT2D eigenvalue weighted by Crippen LogP contribution is 2.20. The topological polar surface area (TPSA) is 41.6 Å². The number of likely N-dealkylation sites (tertiary alicyclic amines) is 1. The monoisotopic (exact) mass is 380 g/mol. The fourth-order valence-electron chi connectivity index (χ4n) is 3.62. The Morgan fingerprint density at radius 2 is 1.82 bits per heavy atom. The van der Waals surface area contributed by atoms with Crippen LogP contribution in [-0.2, 0) is 17.9 Å². The van der Waals surface area contributed by atoms with Gasteiger partial charge in [-0.25, -0.2) is 0 Å². The maximum absolute atomic E-state index is 12.5. The molecule has 1 aliphatic heterocycles. The Morgan fingerprint density at radius 3 is 2.61 bits per heavy atom. The average Bonchev–Trinajstić information content (AvgIpc) is 2.70. The van der Waals surface area contributed by atoms with Gasteiger partial charge in [0.25, 0.3) is 5.91 Å². The van der Waals surface area contributed by atoms with Crippen molar-refractivity contribution >= 4 is 5.91 Å². The van der Waals surface area contributed by atoms with Crippen molar-refractivity contribution in [1.82, 2.24) is 10.2 Å². The molecule has 1 saturated heterocycles. The van der Waals surface area contributed by atoms with Gasteiger partial charge in [-0.15, -0.1) is 0 Å². The van der Waals surface area contributed by atoms with Crippen LogP contribution in [0.4, 0.5) is 0 Å². The number of ether oxygens (including phenoxy) is 1. The van der Waals surface area contributed by atoms with Crippen LogP contribution in [0.25, 0.3) is 0 Å². The highest BCUT2D eigenvalue weighted by Gasteiger charge is 2.16. The van der Waals surface area contributed by atoms with E-state index in [0.29, 0.717) is 6.54 Å². The van der Waals surface area contributed by atoms with E-state index in [1.807, 2.05) is 32.0 Å². The first-order valence-electron chi connectivity index (χ1n) is 10.3. The van der Waals surface area contributed by atoms with Crippen LogP contribution in [0.15, 0.2) is 42.5 Å². The molecule has 1 fully saturated rings. The molecule has 0 unspecified atom stereocenters. The number of carbonyl (C=O) groups is 1. The van der Waals surface area contributed by atoms with E-state index in [4.69, 9.17) is 4.74 Å². The number of nitrogens with zero attached hydrogens (tertiary/aromatic N) is 1. The van der Waals surface area contributed by atoms with Crippen LogP contribution in [0.3, 0.4) is 0 Å². The van der Waals surface area contributed by atoms with Gasteiger partial charge in [0.15, 0.2) is 6.10 Å². The SMILES string of the molecule is Cc1ccc(C)c(O[C@@H](C)C(=O)NCc2cccc(CN3CCCCC3)c2)c1. The molecular formula is C24H32N2O2. The van der Waals surface area contributed by atoms with E-state index in [-0.39, 0.29) is 5.91 Å². The molecule has 0 aromatic heterocycles. The molecule has 150 valence electrons. The molecule has 1 atom stereocenters. The molecule has 0 aliphatic carbocycles. The summed E-state index contributed by atoms with van der Waals surface area (Å²) in [7, 11) is 0. The van der Waals surface area contributed by atoms with E-state index in [1.165, 1.54) is 37.9 Å².